The third-order valence-corrected chi connectivity index (χ3v) is 7.10. The molecule has 0 bridgehead atoms. The maximum atomic E-state index is 13.1. The summed E-state index contributed by atoms with van der Waals surface area (Å²) in [5, 5.41) is 4.10. The van der Waals surface area contributed by atoms with Crippen LogP contribution >= 0.6 is 47.0 Å². The highest BCUT2D eigenvalue weighted by atomic mass is 35.6. The fourth-order valence-corrected chi connectivity index (χ4v) is 5.61. The minimum absolute atomic E-state index is 0.0152. The monoisotopic (exact) mass is 503 g/mol. The summed E-state index contributed by atoms with van der Waals surface area (Å²) in [6.07, 6.45) is 9.60. The predicted molar refractivity (Wildman–Crippen MR) is 134 cm³/mol. The Morgan fingerprint density at radius 1 is 0.968 bits per heavy atom. The predicted octanol–water partition coefficient (Wildman–Crippen LogP) is 5.84. The molecule has 31 heavy (non-hydrogen) atoms. The van der Waals surface area contributed by atoms with E-state index in [4.69, 9.17) is 47.0 Å². The first-order valence-corrected chi connectivity index (χ1v) is 12.9. The molecule has 8 heteroatoms. The molecule has 1 aromatic rings. The molecule has 1 saturated heterocycles. The molecule has 4 nitrogen and oxygen atoms in total. The lowest BCUT2D eigenvalue weighted by molar-refractivity contribution is -0.138. The van der Waals surface area contributed by atoms with Crippen LogP contribution in [0.25, 0.3) is 0 Å². The van der Waals surface area contributed by atoms with Crippen molar-refractivity contribution >= 4 is 58.0 Å². The van der Waals surface area contributed by atoms with Crippen LogP contribution in [-0.2, 0) is 11.2 Å². The Kier molecular flexibility index (Phi) is 9.57. The number of nitrogens with zero attached hydrogens (tertiary/aromatic N) is 2. The first kappa shape index (κ1) is 24.9. The molecule has 0 aromatic heterocycles. The number of amides is 1. The highest BCUT2D eigenvalue weighted by Crippen LogP contribution is 2.38. The van der Waals surface area contributed by atoms with Crippen LogP contribution in [0.1, 0.15) is 63.4 Å². The molecule has 1 aromatic carbocycles. The summed E-state index contributed by atoms with van der Waals surface area (Å²) < 4.78 is -1.66. The number of carbonyl (C=O) groups excluding carboxylic acids is 1. The van der Waals surface area contributed by atoms with Gasteiger partial charge in [0, 0.05) is 25.6 Å². The van der Waals surface area contributed by atoms with Crippen molar-refractivity contribution in [2.24, 2.45) is 0 Å². The molecule has 1 aliphatic carbocycles. The molecule has 1 amide bonds. The molecule has 1 saturated carbocycles. The Bertz CT molecular complexity index is 721. The Balaban J connectivity index is 1.67. The van der Waals surface area contributed by atoms with Crippen molar-refractivity contribution in [1.82, 2.24) is 15.1 Å². The van der Waals surface area contributed by atoms with Crippen LogP contribution in [0.15, 0.2) is 30.3 Å². The standard InChI is InChI=1S/C23H32Cl3N3OS/c24-23(25,26)21-28(20(30)15-14-18-10-5-4-6-11-18)16-9-17-29(21)22(31)27-19-12-7-2-1-3-8-13-19/h4-6,10-11,19,21H,1-3,7-9,12-17H2,(H,27,31). The first-order chi connectivity index (χ1) is 14.9. The summed E-state index contributed by atoms with van der Waals surface area (Å²) in [4.78, 5) is 16.7. The maximum absolute atomic E-state index is 13.1. The molecule has 2 aliphatic rings. The van der Waals surface area contributed by atoms with Gasteiger partial charge in [-0.3, -0.25) is 4.79 Å². The van der Waals surface area contributed by atoms with Gasteiger partial charge in [0.25, 0.3) is 0 Å². The average molecular weight is 505 g/mol. The van der Waals surface area contributed by atoms with E-state index in [2.05, 4.69) is 5.32 Å². The van der Waals surface area contributed by atoms with E-state index in [0.717, 1.165) is 24.8 Å². The summed E-state index contributed by atoms with van der Waals surface area (Å²) in [6.45, 7) is 1.23. The number of aryl methyl sites for hydroxylation is 1. The summed E-state index contributed by atoms with van der Waals surface area (Å²) in [7, 11) is 0. The van der Waals surface area contributed by atoms with Crippen molar-refractivity contribution in [3.05, 3.63) is 35.9 Å². The van der Waals surface area contributed by atoms with Gasteiger partial charge in [-0.15, -0.1) is 0 Å². The van der Waals surface area contributed by atoms with Crippen molar-refractivity contribution in [3.8, 4) is 0 Å². The second-order valence-corrected chi connectivity index (χ2v) is 11.3. The fraction of sp³-hybridized carbons (Fsp3) is 0.652. The van der Waals surface area contributed by atoms with Gasteiger partial charge in [-0.05, 0) is 43.5 Å². The van der Waals surface area contributed by atoms with Crippen molar-refractivity contribution in [3.63, 3.8) is 0 Å². The number of hydrogen-bond donors (Lipinski definition) is 1. The normalized spacial score (nSPS) is 21.3. The summed E-state index contributed by atoms with van der Waals surface area (Å²) in [5.74, 6) is -0.0152. The lowest BCUT2D eigenvalue weighted by Crippen LogP contribution is -2.65. The van der Waals surface area contributed by atoms with Crippen LogP contribution < -0.4 is 5.32 Å². The van der Waals surface area contributed by atoms with Gasteiger partial charge >= 0.3 is 0 Å². The van der Waals surface area contributed by atoms with E-state index in [-0.39, 0.29) is 5.91 Å². The van der Waals surface area contributed by atoms with E-state index in [1.165, 1.54) is 32.1 Å². The molecular weight excluding hydrogens is 473 g/mol. The quantitative estimate of drug-likeness (QED) is 0.413. The fourth-order valence-electron chi connectivity index (χ4n) is 4.55. The number of thiocarbonyl (C=S) groups is 1. The van der Waals surface area contributed by atoms with Crippen LogP contribution in [0.2, 0.25) is 0 Å². The molecule has 3 rings (SSSR count). The van der Waals surface area contributed by atoms with E-state index in [0.29, 0.717) is 37.1 Å². The number of rotatable bonds is 4. The number of benzene rings is 1. The van der Waals surface area contributed by atoms with Crippen molar-refractivity contribution in [2.45, 2.75) is 80.2 Å². The second-order valence-electron chi connectivity index (χ2n) is 8.53. The Morgan fingerprint density at radius 3 is 2.23 bits per heavy atom. The van der Waals surface area contributed by atoms with Crippen molar-refractivity contribution < 1.29 is 4.79 Å². The Morgan fingerprint density at radius 2 is 1.58 bits per heavy atom. The Labute approximate surface area is 206 Å². The topological polar surface area (TPSA) is 35.6 Å². The highest BCUT2D eigenvalue weighted by molar-refractivity contribution is 7.80. The van der Waals surface area contributed by atoms with Gasteiger partial charge in [0.2, 0.25) is 9.70 Å². The number of hydrogen-bond acceptors (Lipinski definition) is 2. The Hall–Kier alpha value is -0.750. The van der Waals surface area contributed by atoms with Gasteiger partial charge in [-0.2, -0.15) is 0 Å². The number of nitrogens with one attached hydrogen (secondary N) is 1. The van der Waals surface area contributed by atoms with E-state index in [1.807, 2.05) is 35.2 Å². The summed E-state index contributed by atoms with van der Waals surface area (Å²) >= 11 is 25.0. The summed E-state index contributed by atoms with van der Waals surface area (Å²) in [5.41, 5.74) is 1.12. The van der Waals surface area contributed by atoms with E-state index in [1.54, 1.807) is 4.90 Å². The van der Waals surface area contributed by atoms with Crippen LogP contribution in [0.5, 0.6) is 0 Å². The number of carbonyl (C=O) groups is 1. The van der Waals surface area contributed by atoms with Crippen molar-refractivity contribution in [1.29, 1.82) is 0 Å². The molecule has 0 spiro atoms. The van der Waals surface area contributed by atoms with Crippen LogP contribution in [0, 0.1) is 0 Å². The number of alkyl halides is 3. The van der Waals surface area contributed by atoms with Gasteiger partial charge in [0.1, 0.15) is 0 Å². The molecule has 1 heterocycles. The smallest absolute Gasteiger partial charge is 0.228 e. The highest BCUT2D eigenvalue weighted by Gasteiger charge is 2.46. The van der Waals surface area contributed by atoms with Gasteiger partial charge in [-0.1, -0.05) is 97.2 Å². The van der Waals surface area contributed by atoms with Gasteiger partial charge < -0.3 is 15.1 Å². The van der Waals surface area contributed by atoms with E-state index < -0.39 is 9.96 Å². The van der Waals surface area contributed by atoms with E-state index in [9.17, 15) is 4.79 Å². The zero-order valence-electron chi connectivity index (χ0n) is 17.9. The number of halogens is 3. The van der Waals surface area contributed by atoms with Crippen molar-refractivity contribution in [2.75, 3.05) is 13.1 Å². The van der Waals surface area contributed by atoms with Crippen LogP contribution in [-0.4, -0.2) is 49.9 Å². The summed E-state index contributed by atoms with van der Waals surface area (Å²) in [6, 6.07) is 10.3. The minimum atomic E-state index is -1.66. The first-order valence-electron chi connectivity index (χ1n) is 11.3. The molecule has 2 fully saturated rings. The molecular formula is C23H32Cl3N3OS. The third-order valence-electron chi connectivity index (χ3n) is 6.17. The zero-order valence-corrected chi connectivity index (χ0v) is 21.0. The lowest BCUT2D eigenvalue weighted by Gasteiger charge is -2.48. The lowest BCUT2D eigenvalue weighted by atomic mass is 9.97. The molecule has 1 N–H and O–H groups in total. The zero-order chi connectivity index (χ0) is 22.3. The molecule has 172 valence electrons. The molecule has 1 aliphatic heterocycles. The molecule has 0 radical (unpaired) electrons. The minimum Gasteiger partial charge on any atom is -0.360 e. The van der Waals surface area contributed by atoms with Gasteiger partial charge in [0.15, 0.2) is 11.3 Å². The largest absolute Gasteiger partial charge is 0.360 e. The SMILES string of the molecule is O=C(CCc1ccccc1)N1CCCN(C(=S)NC2CCCCCCC2)C1C(Cl)(Cl)Cl. The van der Waals surface area contributed by atoms with E-state index >= 15 is 0 Å². The molecule has 1 unspecified atom stereocenters. The van der Waals surface area contributed by atoms with Gasteiger partial charge in [0.05, 0.1) is 0 Å². The van der Waals surface area contributed by atoms with Gasteiger partial charge in [-0.25, -0.2) is 0 Å². The molecule has 1 atom stereocenters. The van der Waals surface area contributed by atoms with Crippen LogP contribution in [0.3, 0.4) is 0 Å². The third kappa shape index (κ3) is 7.38. The second kappa shape index (κ2) is 11.9. The maximum Gasteiger partial charge on any atom is 0.228 e. The average Bonchev–Trinajstić information content (AvgIpc) is 2.73. The van der Waals surface area contributed by atoms with Crippen LogP contribution in [0.4, 0.5) is 0 Å².